The lowest BCUT2D eigenvalue weighted by atomic mass is 10.2. The van der Waals surface area contributed by atoms with Crippen molar-refractivity contribution < 1.29 is 13.2 Å². The molecule has 0 saturated carbocycles. The van der Waals surface area contributed by atoms with Gasteiger partial charge >= 0.3 is 0 Å². The molecule has 0 bridgehead atoms. The molecule has 28 heavy (non-hydrogen) atoms. The number of aromatic nitrogens is 4. The number of nitrogens with one attached hydrogen (secondary N) is 2. The summed E-state index contributed by atoms with van der Waals surface area (Å²) in [7, 11) is -3.78. The molecule has 2 aromatic heterocycles. The first kappa shape index (κ1) is 19.9. The monoisotopic (exact) mass is 420 g/mol. The summed E-state index contributed by atoms with van der Waals surface area (Å²) in [6, 6.07) is 9.67. The van der Waals surface area contributed by atoms with Crippen molar-refractivity contribution >= 4 is 27.5 Å². The lowest BCUT2D eigenvalue weighted by Crippen LogP contribution is -2.31. The molecule has 2 heterocycles. The molecule has 0 atom stereocenters. The van der Waals surface area contributed by atoms with Crippen molar-refractivity contribution in [2.45, 2.75) is 17.9 Å². The lowest BCUT2D eigenvalue weighted by molar-refractivity contribution is -0.121. The molecule has 2 N–H and O–H groups in total. The fourth-order valence-electron chi connectivity index (χ4n) is 2.41. The summed E-state index contributed by atoms with van der Waals surface area (Å²) in [6.07, 6.45) is 4.49. The van der Waals surface area contributed by atoms with E-state index in [-0.39, 0.29) is 35.3 Å². The summed E-state index contributed by atoms with van der Waals surface area (Å²) in [5, 5.41) is 6.89. The number of hydrogen-bond donors (Lipinski definition) is 2. The van der Waals surface area contributed by atoms with Crippen LogP contribution in [0.4, 0.5) is 0 Å². The van der Waals surface area contributed by atoms with Gasteiger partial charge < -0.3 is 5.32 Å². The third kappa shape index (κ3) is 4.91. The van der Waals surface area contributed by atoms with E-state index >= 15 is 0 Å². The minimum absolute atomic E-state index is 0.0232. The topological polar surface area (TPSA) is 119 Å². The van der Waals surface area contributed by atoms with Gasteiger partial charge in [0.1, 0.15) is 17.6 Å². The van der Waals surface area contributed by atoms with Crippen molar-refractivity contribution in [3.63, 3.8) is 0 Å². The number of sulfonamides is 1. The smallest absolute Gasteiger partial charge is 0.242 e. The highest BCUT2D eigenvalue weighted by atomic mass is 35.5. The van der Waals surface area contributed by atoms with E-state index in [1.54, 1.807) is 24.4 Å². The first-order chi connectivity index (χ1) is 13.5. The molecule has 0 aliphatic heterocycles. The number of rotatable bonds is 8. The molecule has 0 saturated heterocycles. The maximum atomic E-state index is 12.2. The molecule has 146 valence electrons. The van der Waals surface area contributed by atoms with Crippen LogP contribution in [0, 0.1) is 0 Å². The minimum atomic E-state index is -3.78. The highest BCUT2D eigenvalue weighted by Gasteiger charge is 2.17. The van der Waals surface area contributed by atoms with E-state index < -0.39 is 10.0 Å². The Hall–Kier alpha value is -2.82. The molecule has 0 fully saturated rings. The van der Waals surface area contributed by atoms with Gasteiger partial charge in [-0.05, 0) is 18.2 Å². The van der Waals surface area contributed by atoms with Gasteiger partial charge in [0.05, 0.1) is 5.02 Å². The summed E-state index contributed by atoms with van der Waals surface area (Å²) in [6.45, 7) is 0.168. The molecule has 9 nitrogen and oxygen atoms in total. The fraction of sp³-hybridized carbons (Fsp3) is 0.176. The highest BCUT2D eigenvalue weighted by Crippen LogP contribution is 2.19. The normalized spacial score (nSPS) is 11.3. The molecule has 1 amide bonds. The van der Waals surface area contributed by atoms with Crippen molar-refractivity contribution in [1.82, 2.24) is 29.8 Å². The Kier molecular flexibility index (Phi) is 6.34. The first-order valence-corrected chi connectivity index (χ1v) is 10.1. The average Bonchev–Trinajstić information content (AvgIpc) is 3.21. The molecule has 0 aliphatic rings. The molecule has 3 rings (SSSR count). The number of carbonyl (C=O) groups excluding carboxylic acids is 1. The second-order valence-corrected chi connectivity index (χ2v) is 7.82. The summed E-state index contributed by atoms with van der Waals surface area (Å²) in [4.78, 5) is 20.2. The molecule has 0 radical (unpaired) electrons. The van der Waals surface area contributed by atoms with Gasteiger partial charge in [-0.3, -0.25) is 4.79 Å². The Morgan fingerprint density at radius 2 is 2.00 bits per heavy atom. The van der Waals surface area contributed by atoms with Crippen molar-refractivity contribution in [3.8, 4) is 5.82 Å². The van der Waals surface area contributed by atoms with Crippen LogP contribution in [0.1, 0.15) is 12.0 Å². The Morgan fingerprint density at radius 3 is 2.75 bits per heavy atom. The van der Waals surface area contributed by atoms with Crippen molar-refractivity contribution in [1.29, 1.82) is 0 Å². The van der Waals surface area contributed by atoms with E-state index in [0.717, 1.165) is 5.56 Å². The zero-order valence-corrected chi connectivity index (χ0v) is 16.2. The third-order valence-corrected chi connectivity index (χ3v) is 5.71. The van der Waals surface area contributed by atoms with E-state index in [2.05, 4.69) is 25.1 Å². The van der Waals surface area contributed by atoms with E-state index in [4.69, 9.17) is 11.6 Å². The quantitative estimate of drug-likeness (QED) is 0.567. The standard InChI is InChI=1S/C17H17ClN6O3S/c18-14-5-1-2-6-15(14)28(26,27)23-9-7-16(25)21-10-13-4-3-8-20-17(13)24-12-19-11-22-24/h1-6,8,11-12,23H,7,9-10H2,(H,21,25). The largest absolute Gasteiger partial charge is 0.352 e. The zero-order chi connectivity index (χ0) is 20.0. The van der Waals surface area contributed by atoms with Crippen LogP contribution in [0.5, 0.6) is 0 Å². The Balaban J connectivity index is 1.53. The fourth-order valence-corrected chi connectivity index (χ4v) is 3.96. The lowest BCUT2D eigenvalue weighted by Gasteiger charge is -2.10. The van der Waals surface area contributed by atoms with E-state index in [1.165, 1.54) is 29.5 Å². The third-order valence-electron chi connectivity index (χ3n) is 3.75. The Labute approximate surface area is 166 Å². The predicted octanol–water partition coefficient (Wildman–Crippen LogP) is 1.30. The van der Waals surface area contributed by atoms with Crippen LogP contribution in [0.25, 0.3) is 5.82 Å². The van der Waals surface area contributed by atoms with E-state index in [0.29, 0.717) is 5.82 Å². The van der Waals surface area contributed by atoms with Gasteiger partial charge in [-0.2, -0.15) is 5.10 Å². The number of pyridine rings is 1. The van der Waals surface area contributed by atoms with Gasteiger partial charge in [-0.15, -0.1) is 0 Å². The maximum Gasteiger partial charge on any atom is 0.242 e. The molecule has 0 unspecified atom stereocenters. The van der Waals surface area contributed by atoms with E-state index in [9.17, 15) is 13.2 Å². The summed E-state index contributed by atoms with van der Waals surface area (Å²) in [5.74, 6) is 0.245. The van der Waals surface area contributed by atoms with Gasteiger partial charge in [0, 0.05) is 31.3 Å². The average molecular weight is 421 g/mol. The zero-order valence-electron chi connectivity index (χ0n) is 14.6. The van der Waals surface area contributed by atoms with Crippen LogP contribution in [0.2, 0.25) is 5.02 Å². The SMILES string of the molecule is O=C(CCNS(=O)(=O)c1ccccc1Cl)NCc1cccnc1-n1cncn1. The molecular formula is C17H17ClN6O3S. The Bertz CT molecular complexity index is 1060. The minimum Gasteiger partial charge on any atom is -0.352 e. The van der Waals surface area contributed by atoms with Crippen LogP contribution in [-0.4, -0.2) is 40.6 Å². The Morgan fingerprint density at radius 1 is 1.18 bits per heavy atom. The van der Waals surface area contributed by atoms with Crippen LogP contribution in [0.15, 0.2) is 60.1 Å². The number of amides is 1. The molecule has 11 heteroatoms. The van der Waals surface area contributed by atoms with Crippen LogP contribution in [0.3, 0.4) is 0 Å². The van der Waals surface area contributed by atoms with E-state index in [1.807, 2.05) is 6.07 Å². The number of hydrogen-bond acceptors (Lipinski definition) is 6. The van der Waals surface area contributed by atoms with Crippen molar-refractivity contribution in [2.75, 3.05) is 6.54 Å². The highest BCUT2D eigenvalue weighted by molar-refractivity contribution is 7.89. The number of halogens is 1. The number of benzene rings is 1. The van der Waals surface area contributed by atoms with Crippen molar-refractivity contribution in [3.05, 3.63) is 65.8 Å². The molecule has 0 aliphatic carbocycles. The molecule has 0 spiro atoms. The molecule has 3 aromatic rings. The number of nitrogens with zero attached hydrogens (tertiary/aromatic N) is 4. The van der Waals surface area contributed by atoms with Gasteiger partial charge in [0.25, 0.3) is 0 Å². The summed E-state index contributed by atoms with van der Waals surface area (Å²) in [5.41, 5.74) is 0.748. The second-order valence-electron chi connectivity index (χ2n) is 5.68. The predicted molar refractivity (Wildman–Crippen MR) is 102 cm³/mol. The van der Waals surface area contributed by atoms with Gasteiger partial charge in [0.2, 0.25) is 15.9 Å². The van der Waals surface area contributed by atoms with Gasteiger partial charge in [-0.25, -0.2) is 27.8 Å². The van der Waals surface area contributed by atoms with Crippen molar-refractivity contribution in [2.24, 2.45) is 0 Å². The summed E-state index contributed by atoms with van der Waals surface area (Å²) < 4.78 is 28.3. The molecule has 1 aromatic carbocycles. The van der Waals surface area contributed by atoms with Crippen LogP contribution >= 0.6 is 11.6 Å². The van der Waals surface area contributed by atoms with Crippen LogP contribution in [-0.2, 0) is 21.4 Å². The maximum absolute atomic E-state index is 12.2. The summed E-state index contributed by atoms with van der Waals surface area (Å²) >= 11 is 5.91. The first-order valence-electron chi connectivity index (χ1n) is 8.27. The van der Waals surface area contributed by atoms with Gasteiger partial charge in [0.15, 0.2) is 5.82 Å². The number of carbonyl (C=O) groups is 1. The second kappa shape index (κ2) is 8.91. The van der Waals surface area contributed by atoms with Crippen LogP contribution < -0.4 is 10.0 Å². The van der Waals surface area contributed by atoms with Gasteiger partial charge in [-0.1, -0.05) is 29.8 Å². The molecular weight excluding hydrogens is 404 g/mol.